The Morgan fingerprint density at radius 2 is 0.952 bits per heavy atom. The fourth-order valence-electron chi connectivity index (χ4n) is 6.24. The van der Waals surface area contributed by atoms with Crippen molar-refractivity contribution in [3.8, 4) is 22.3 Å². The van der Waals surface area contributed by atoms with Gasteiger partial charge < -0.3 is 9.32 Å². The van der Waals surface area contributed by atoms with E-state index >= 15 is 0 Å². The summed E-state index contributed by atoms with van der Waals surface area (Å²) < 4.78 is 6.38. The van der Waals surface area contributed by atoms with E-state index in [-0.39, 0.29) is 0 Å². The van der Waals surface area contributed by atoms with Crippen LogP contribution in [0.15, 0.2) is 168 Å². The van der Waals surface area contributed by atoms with E-state index in [0.29, 0.717) is 0 Å². The molecular formula is C40H27NO. The molecule has 0 fully saturated rings. The van der Waals surface area contributed by atoms with Gasteiger partial charge in [0.15, 0.2) is 0 Å². The van der Waals surface area contributed by atoms with Crippen LogP contribution in [-0.4, -0.2) is 0 Å². The highest BCUT2D eigenvalue weighted by Crippen LogP contribution is 2.49. The van der Waals surface area contributed by atoms with Crippen LogP contribution >= 0.6 is 0 Å². The number of nitrogens with zero attached hydrogens (tertiary/aromatic N) is 1. The smallest absolute Gasteiger partial charge is 0.136 e. The molecule has 0 radical (unpaired) electrons. The van der Waals surface area contributed by atoms with Gasteiger partial charge in [-0.15, -0.1) is 0 Å². The topological polar surface area (TPSA) is 16.4 Å². The number of benzene rings is 7. The molecule has 42 heavy (non-hydrogen) atoms. The van der Waals surface area contributed by atoms with Crippen molar-refractivity contribution >= 4 is 49.8 Å². The molecule has 0 saturated carbocycles. The van der Waals surface area contributed by atoms with Gasteiger partial charge in [0, 0.05) is 27.7 Å². The SMILES string of the molecule is c1ccc(-c2cc(N(c3ccccc3)c3ccccc3)c(-c3cccc4oc5ccccc5c34)c3ccccc23)cc1. The summed E-state index contributed by atoms with van der Waals surface area (Å²) in [6.07, 6.45) is 0. The summed E-state index contributed by atoms with van der Waals surface area (Å²) in [5, 5.41) is 4.67. The van der Waals surface area contributed by atoms with Gasteiger partial charge >= 0.3 is 0 Å². The van der Waals surface area contributed by atoms with Crippen LogP contribution in [0.25, 0.3) is 55.0 Å². The normalized spacial score (nSPS) is 11.3. The molecule has 0 saturated heterocycles. The van der Waals surface area contributed by atoms with Gasteiger partial charge in [-0.05, 0) is 69.9 Å². The lowest BCUT2D eigenvalue weighted by molar-refractivity contribution is 0.669. The van der Waals surface area contributed by atoms with E-state index in [0.717, 1.165) is 44.6 Å². The summed E-state index contributed by atoms with van der Waals surface area (Å²) in [7, 11) is 0. The fourth-order valence-corrected chi connectivity index (χ4v) is 6.24. The Morgan fingerprint density at radius 3 is 1.64 bits per heavy atom. The number of para-hydroxylation sites is 3. The molecule has 1 aromatic heterocycles. The molecule has 0 unspecified atom stereocenters. The van der Waals surface area contributed by atoms with Crippen molar-refractivity contribution in [1.82, 2.24) is 0 Å². The van der Waals surface area contributed by atoms with Crippen molar-refractivity contribution in [2.45, 2.75) is 0 Å². The lowest BCUT2D eigenvalue weighted by Gasteiger charge is -2.30. The molecule has 198 valence electrons. The van der Waals surface area contributed by atoms with Crippen molar-refractivity contribution in [2.75, 3.05) is 4.90 Å². The van der Waals surface area contributed by atoms with E-state index in [2.05, 4.69) is 163 Å². The van der Waals surface area contributed by atoms with Gasteiger partial charge in [-0.2, -0.15) is 0 Å². The highest BCUT2D eigenvalue weighted by molar-refractivity contribution is 6.20. The molecule has 8 rings (SSSR count). The quantitative estimate of drug-likeness (QED) is 0.217. The number of hydrogen-bond acceptors (Lipinski definition) is 2. The summed E-state index contributed by atoms with van der Waals surface area (Å²) in [4.78, 5) is 2.38. The molecule has 7 aromatic carbocycles. The van der Waals surface area contributed by atoms with Crippen LogP contribution in [0.1, 0.15) is 0 Å². The molecule has 0 N–H and O–H groups in total. The van der Waals surface area contributed by atoms with Gasteiger partial charge in [0.25, 0.3) is 0 Å². The number of anilines is 3. The van der Waals surface area contributed by atoms with Crippen molar-refractivity contribution in [2.24, 2.45) is 0 Å². The summed E-state index contributed by atoms with van der Waals surface area (Å²) in [6, 6.07) is 57.9. The van der Waals surface area contributed by atoms with Crippen LogP contribution in [-0.2, 0) is 0 Å². The second-order valence-corrected chi connectivity index (χ2v) is 10.5. The Morgan fingerprint density at radius 1 is 0.405 bits per heavy atom. The van der Waals surface area contributed by atoms with Crippen LogP contribution in [0.5, 0.6) is 0 Å². The van der Waals surface area contributed by atoms with Gasteiger partial charge in [-0.25, -0.2) is 0 Å². The highest BCUT2D eigenvalue weighted by atomic mass is 16.3. The Labute approximate surface area is 244 Å². The molecule has 0 bridgehead atoms. The maximum atomic E-state index is 6.38. The summed E-state index contributed by atoms with van der Waals surface area (Å²) in [5.41, 5.74) is 9.82. The summed E-state index contributed by atoms with van der Waals surface area (Å²) in [6.45, 7) is 0. The van der Waals surface area contributed by atoms with Gasteiger partial charge in [0.2, 0.25) is 0 Å². The third-order valence-electron chi connectivity index (χ3n) is 8.05. The van der Waals surface area contributed by atoms with Crippen LogP contribution in [0.2, 0.25) is 0 Å². The molecule has 2 nitrogen and oxygen atoms in total. The molecule has 0 aliphatic rings. The van der Waals surface area contributed by atoms with Gasteiger partial charge in [-0.1, -0.05) is 121 Å². The van der Waals surface area contributed by atoms with Gasteiger partial charge in [0.1, 0.15) is 11.2 Å². The number of fused-ring (bicyclic) bond motifs is 4. The standard InChI is InChI=1S/C40H27NO/c1-4-15-28(16-5-1)35-27-36(41(29-17-6-2-7-18-29)30-19-8-3-9-20-30)39(32-22-11-10-21-31(32)35)34-24-14-26-38-40(34)33-23-12-13-25-37(33)42-38/h1-27H. The molecule has 0 amide bonds. The van der Waals surface area contributed by atoms with Crippen LogP contribution in [0, 0.1) is 0 Å². The lowest BCUT2D eigenvalue weighted by atomic mass is 9.88. The van der Waals surface area contributed by atoms with E-state index < -0.39 is 0 Å². The molecule has 0 spiro atoms. The van der Waals surface area contributed by atoms with E-state index in [1.807, 2.05) is 6.07 Å². The average Bonchev–Trinajstić information content (AvgIpc) is 3.45. The zero-order valence-corrected chi connectivity index (χ0v) is 22.9. The Balaban J connectivity index is 1.56. The molecular weight excluding hydrogens is 510 g/mol. The zero-order valence-electron chi connectivity index (χ0n) is 22.9. The number of furan rings is 1. The van der Waals surface area contributed by atoms with Crippen LogP contribution in [0.4, 0.5) is 17.1 Å². The largest absolute Gasteiger partial charge is 0.456 e. The number of hydrogen-bond donors (Lipinski definition) is 0. The van der Waals surface area contributed by atoms with Crippen molar-refractivity contribution in [3.63, 3.8) is 0 Å². The first-order valence-electron chi connectivity index (χ1n) is 14.3. The van der Waals surface area contributed by atoms with E-state index in [1.165, 1.54) is 27.5 Å². The van der Waals surface area contributed by atoms with Gasteiger partial charge in [0.05, 0.1) is 5.69 Å². The maximum Gasteiger partial charge on any atom is 0.136 e. The maximum absolute atomic E-state index is 6.38. The molecule has 1 heterocycles. The first kappa shape index (κ1) is 24.2. The van der Waals surface area contributed by atoms with E-state index in [1.54, 1.807) is 0 Å². The molecule has 2 heteroatoms. The van der Waals surface area contributed by atoms with Crippen molar-refractivity contribution < 1.29 is 4.42 Å². The second-order valence-electron chi connectivity index (χ2n) is 10.5. The average molecular weight is 538 g/mol. The second kappa shape index (κ2) is 10.1. The predicted octanol–water partition coefficient (Wildman–Crippen LogP) is 11.5. The molecule has 0 aliphatic carbocycles. The minimum Gasteiger partial charge on any atom is -0.456 e. The van der Waals surface area contributed by atoms with Crippen LogP contribution in [0.3, 0.4) is 0 Å². The first-order chi connectivity index (χ1) is 20.9. The van der Waals surface area contributed by atoms with Crippen molar-refractivity contribution in [1.29, 1.82) is 0 Å². The third-order valence-corrected chi connectivity index (χ3v) is 8.05. The Bertz CT molecular complexity index is 2140. The van der Waals surface area contributed by atoms with Crippen LogP contribution < -0.4 is 4.90 Å². The molecule has 0 aliphatic heterocycles. The molecule has 8 aromatic rings. The monoisotopic (exact) mass is 537 g/mol. The zero-order chi connectivity index (χ0) is 27.9. The van der Waals surface area contributed by atoms with Gasteiger partial charge in [-0.3, -0.25) is 0 Å². The highest BCUT2D eigenvalue weighted by Gasteiger charge is 2.24. The number of rotatable bonds is 5. The predicted molar refractivity (Wildman–Crippen MR) is 177 cm³/mol. The minimum atomic E-state index is 0.891. The fraction of sp³-hybridized carbons (Fsp3) is 0. The first-order valence-corrected chi connectivity index (χ1v) is 14.3. The molecule has 0 atom stereocenters. The Kier molecular flexibility index (Phi) is 5.82. The lowest BCUT2D eigenvalue weighted by Crippen LogP contribution is -2.11. The summed E-state index contributed by atoms with van der Waals surface area (Å²) in [5.74, 6) is 0. The summed E-state index contributed by atoms with van der Waals surface area (Å²) >= 11 is 0. The van der Waals surface area contributed by atoms with Crippen molar-refractivity contribution in [3.05, 3.63) is 164 Å². The van der Waals surface area contributed by atoms with E-state index in [9.17, 15) is 0 Å². The minimum absolute atomic E-state index is 0.891. The van der Waals surface area contributed by atoms with E-state index in [4.69, 9.17) is 4.42 Å². The third kappa shape index (κ3) is 3.96. The Hall–Kier alpha value is -5.60.